The molecule has 0 saturated heterocycles. The average Bonchev–Trinajstić information content (AvgIpc) is 2.55. The second kappa shape index (κ2) is 7.54. The largest absolute Gasteiger partial charge is 0.493 e. The van der Waals surface area contributed by atoms with Gasteiger partial charge in [-0.3, -0.25) is 9.59 Å². The molecule has 1 N–H and O–H groups in total. The molecule has 23 heavy (non-hydrogen) atoms. The Morgan fingerprint density at radius 2 is 2.00 bits per heavy atom. The normalized spacial score (nSPS) is 13.6. The number of nitrogens with one attached hydrogen (secondary N) is 1. The molecule has 8 nitrogen and oxygen atoms in total. The minimum atomic E-state index is -0.553. The van der Waals surface area contributed by atoms with Crippen LogP contribution in [0.15, 0.2) is 45.7 Å². The monoisotopic (exact) mass is 334 g/mol. The van der Waals surface area contributed by atoms with E-state index in [2.05, 4.69) is 27.1 Å². The van der Waals surface area contributed by atoms with Crippen molar-refractivity contribution in [3.63, 3.8) is 0 Å². The van der Waals surface area contributed by atoms with Crippen LogP contribution in [0.4, 0.5) is 5.69 Å². The van der Waals surface area contributed by atoms with E-state index in [1.165, 1.54) is 14.2 Å². The molecule has 1 aromatic carbocycles. The molecule has 0 unspecified atom stereocenters. The van der Waals surface area contributed by atoms with Crippen molar-refractivity contribution < 1.29 is 19.1 Å². The van der Waals surface area contributed by atoms with E-state index in [1.807, 2.05) is 0 Å². The van der Waals surface area contributed by atoms with Gasteiger partial charge >= 0.3 is 0 Å². The van der Waals surface area contributed by atoms with Gasteiger partial charge in [-0.15, -0.1) is 10.2 Å². The maximum absolute atomic E-state index is 11.9. The third-order valence-electron chi connectivity index (χ3n) is 2.70. The fraction of sp³-hybridized carbons (Fsp3) is 0.214. The van der Waals surface area contributed by atoms with Crippen molar-refractivity contribution in [1.82, 2.24) is 0 Å². The lowest BCUT2D eigenvalue weighted by Crippen LogP contribution is -2.16. The van der Waals surface area contributed by atoms with Gasteiger partial charge in [0.2, 0.25) is 11.1 Å². The molecule has 2 amide bonds. The highest BCUT2D eigenvalue weighted by molar-refractivity contribution is 8.14. The minimum Gasteiger partial charge on any atom is -0.493 e. The van der Waals surface area contributed by atoms with Crippen LogP contribution in [0.25, 0.3) is 0 Å². The first-order valence-electron chi connectivity index (χ1n) is 6.42. The molecule has 0 aromatic heterocycles. The number of carbonyl (C=O) groups is 2. The van der Waals surface area contributed by atoms with Crippen LogP contribution in [0.5, 0.6) is 11.5 Å². The quantitative estimate of drug-likeness (QED) is 0.832. The van der Waals surface area contributed by atoms with E-state index in [9.17, 15) is 9.59 Å². The SMILES string of the molecule is C=C1N=NC(SCC(=O)Nc2ccc(OC)c(OC)c2)=NC1=O. The lowest BCUT2D eigenvalue weighted by molar-refractivity contribution is -0.115. The topological polar surface area (TPSA) is 102 Å². The molecule has 0 fully saturated rings. The first-order valence-corrected chi connectivity index (χ1v) is 7.40. The van der Waals surface area contributed by atoms with Crippen LogP contribution in [0, 0.1) is 0 Å². The fourth-order valence-corrected chi connectivity index (χ4v) is 2.20. The number of carbonyl (C=O) groups excluding carboxylic acids is 2. The van der Waals surface area contributed by atoms with Crippen molar-refractivity contribution in [3.05, 3.63) is 30.5 Å². The third-order valence-corrected chi connectivity index (χ3v) is 3.54. The van der Waals surface area contributed by atoms with Crippen molar-refractivity contribution in [2.75, 3.05) is 25.3 Å². The molecule has 1 heterocycles. The van der Waals surface area contributed by atoms with Gasteiger partial charge < -0.3 is 14.8 Å². The van der Waals surface area contributed by atoms with E-state index >= 15 is 0 Å². The summed E-state index contributed by atoms with van der Waals surface area (Å²) in [6, 6.07) is 5.02. The molecule has 2 rings (SSSR count). The molecular formula is C14H14N4O4S. The summed E-state index contributed by atoms with van der Waals surface area (Å²) in [5.41, 5.74) is 0.536. The number of amidine groups is 1. The zero-order valence-electron chi connectivity index (χ0n) is 12.5. The van der Waals surface area contributed by atoms with Crippen LogP contribution in [-0.4, -0.2) is 37.0 Å². The van der Waals surface area contributed by atoms with Crippen molar-refractivity contribution in [1.29, 1.82) is 0 Å². The molecule has 0 saturated carbocycles. The van der Waals surface area contributed by atoms with E-state index in [-0.39, 0.29) is 22.5 Å². The van der Waals surface area contributed by atoms with Crippen molar-refractivity contribution >= 4 is 34.4 Å². The number of anilines is 1. The van der Waals surface area contributed by atoms with Gasteiger partial charge in [0.05, 0.1) is 20.0 Å². The molecule has 1 aromatic rings. The second-order valence-corrected chi connectivity index (χ2v) is 5.20. The number of methoxy groups -OCH3 is 2. The first kappa shape index (κ1) is 16.7. The van der Waals surface area contributed by atoms with Gasteiger partial charge in [0.25, 0.3) is 5.91 Å². The number of thioether (sulfide) groups is 1. The van der Waals surface area contributed by atoms with E-state index in [1.54, 1.807) is 18.2 Å². The van der Waals surface area contributed by atoms with Crippen LogP contribution < -0.4 is 14.8 Å². The maximum Gasteiger partial charge on any atom is 0.299 e. The Balaban J connectivity index is 1.93. The number of aliphatic imine (C=N–C) groups is 1. The molecule has 1 aliphatic rings. The highest BCUT2D eigenvalue weighted by Gasteiger charge is 2.15. The van der Waals surface area contributed by atoms with E-state index in [0.29, 0.717) is 17.2 Å². The molecule has 0 atom stereocenters. The number of nitrogens with zero attached hydrogens (tertiary/aromatic N) is 3. The van der Waals surface area contributed by atoms with Gasteiger partial charge in [-0.2, -0.15) is 4.99 Å². The summed E-state index contributed by atoms with van der Waals surface area (Å²) in [5, 5.41) is 10.1. The molecule has 0 radical (unpaired) electrons. The van der Waals surface area contributed by atoms with E-state index in [4.69, 9.17) is 9.47 Å². The highest BCUT2D eigenvalue weighted by Crippen LogP contribution is 2.29. The number of rotatable bonds is 5. The molecule has 9 heteroatoms. The molecule has 0 aliphatic carbocycles. The summed E-state index contributed by atoms with van der Waals surface area (Å²) in [7, 11) is 3.04. The molecular weight excluding hydrogens is 320 g/mol. The van der Waals surface area contributed by atoms with Gasteiger partial charge in [-0.25, -0.2) is 0 Å². The van der Waals surface area contributed by atoms with Gasteiger partial charge in [0.15, 0.2) is 11.5 Å². The summed E-state index contributed by atoms with van der Waals surface area (Å²) in [5.74, 6) is 0.272. The molecule has 0 bridgehead atoms. The van der Waals surface area contributed by atoms with Gasteiger partial charge in [-0.1, -0.05) is 18.3 Å². The molecule has 120 valence electrons. The Morgan fingerprint density at radius 3 is 2.65 bits per heavy atom. The summed E-state index contributed by atoms with van der Waals surface area (Å²) in [6.45, 7) is 3.38. The average molecular weight is 334 g/mol. The second-order valence-electron chi connectivity index (χ2n) is 4.25. The van der Waals surface area contributed by atoms with Gasteiger partial charge in [-0.05, 0) is 12.1 Å². The number of hydrogen-bond acceptors (Lipinski definition) is 7. The standard InChI is InChI=1S/C14H14N4O4S/c1-8-13(20)16-14(18-17-8)23-7-12(19)15-9-4-5-10(21-2)11(6-9)22-3/h4-6H,1,7H2,2-3H3,(H,15,19). The Kier molecular flexibility index (Phi) is 5.47. The maximum atomic E-state index is 11.9. The van der Waals surface area contributed by atoms with Crippen molar-refractivity contribution in [2.45, 2.75) is 0 Å². The summed E-state index contributed by atoms with van der Waals surface area (Å²) < 4.78 is 10.3. The smallest absolute Gasteiger partial charge is 0.299 e. The number of amides is 2. The summed E-state index contributed by atoms with van der Waals surface area (Å²) in [6.07, 6.45) is 0. The predicted octanol–water partition coefficient (Wildman–Crippen LogP) is 2.24. The van der Waals surface area contributed by atoms with Gasteiger partial charge in [0.1, 0.15) is 5.70 Å². The Bertz CT molecular complexity index is 715. The summed E-state index contributed by atoms with van der Waals surface area (Å²) in [4.78, 5) is 26.9. The zero-order chi connectivity index (χ0) is 16.8. The molecule has 0 spiro atoms. The molecule has 1 aliphatic heterocycles. The Hall–Kier alpha value is -2.68. The third kappa shape index (κ3) is 4.39. The van der Waals surface area contributed by atoms with Crippen LogP contribution in [0.2, 0.25) is 0 Å². The van der Waals surface area contributed by atoms with Crippen molar-refractivity contribution in [2.24, 2.45) is 15.2 Å². The zero-order valence-corrected chi connectivity index (χ0v) is 13.3. The minimum absolute atomic E-state index is 0.0240. The predicted molar refractivity (Wildman–Crippen MR) is 87.1 cm³/mol. The van der Waals surface area contributed by atoms with Crippen molar-refractivity contribution in [3.8, 4) is 11.5 Å². The van der Waals surface area contributed by atoms with E-state index < -0.39 is 5.91 Å². The Morgan fingerprint density at radius 1 is 1.26 bits per heavy atom. The first-order chi connectivity index (χ1) is 11.0. The van der Waals surface area contributed by atoms with Crippen LogP contribution in [-0.2, 0) is 9.59 Å². The number of ether oxygens (including phenoxy) is 2. The highest BCUT2D eigenvalue weighted by atomic mass is 32.2. The van der Waals surface area contributed by atoms with Crippen LogP contribution in [0.3, 0.4) is 0 Å². The lowest BCUT2D eigenvalue weighted by Gasteiger charge is -2.10. The lowest BCUT2D eigenvalue weighted by atomic mass is 10.2. The Labute approximate surface area is 136 Å². The van der Waals surface area contributed by atoms with Crippen LogP contribution >= 0.6 is 11.8 Å². The van der Waals surface area contributed by atoms with E-state index in [0.717, 1.165) is 11.8 Å². The number of benzene rings is 1. The fourth-order valence-electron chi connectivity index (χ4n) is 1.62. The van der Waals surface area contributed by atoms with Crippen LogP contribution in [0.1, 0.15) is 0 Å². The number of azo groups is 1. The number of hydrogen-bond donors (Lipinski definition) is 1. The van der Waals surface area contributed by atoms with Gasteiger partial charge in [0, 0.05) is 11.8 Å². The summed E-state index contributed by atoms with van der Waals surface area (Å²) >= 11 is 1.01.